The molecule has 0 saturated carbocycles. The van der Waals surface area contributed by atoms with Gasteiger partial charge in [0.05, 0.1) is 16.4 Å². The van der Waals surface area contributed by atoms with Crippen LogP contribution in [-0.4, -0.2) is 39.1 Å². The summed E-state index contributed by atoms with van der Waals surface area (Å²) in [5.41, 5.74) is 3.15. The van der Waals surface area contributed by atoms with E-state index in [-0.39, 0.29) is 24.4 Å². The lowest BCUT2D eigenvalue weighted by Crippen LogP contribution is -2.41. The van der Waals surface area contributed by atoms with Crippen molar-refractivity contribution in [3.63, 3.8) is 0 Å². The molecule has 0 atom stereocenters. The average Bonchev–Trinajstić information content (AvgIpc) is 3.30. The van der Waals surface area contributed by atoms with Crippen LogP contribution in [0.4, 0.5) is 5.82 Å². The van der Waals surface area contributed by atoms with Crippen molar-refractivity contribution in [1.82, 2.24) is 14.7 Å². The molecule has 182 valence electrons. The molecular weight excluding hydrogens is 472 g/mol. The summed E-state index contributed by atoms with van der Waals surface area (Å²) in [6, 6.07) is 28.2. The summed E-state index contributed by atoms with van der Waals surface area (Å²) in [7, 11) is 0. The molecule has 1 N–H and O–H groups in total. The third-order valence-electron chi connectivity index (χ3n) is 5.57. The van der Waals surface area contributed by atoms with Gasteiger partial charge >= 0.3 is 0 Å². The molecule has 0 aliphatic carbocycles. The third-order valence-corrected chi connectivity index (χ3v) is 5.88. The molecular formula is C29H27ClN4O2. The van der Waals surface area contributed by atoms with E-state index >= 15 is 0 Å². The number of hydrogen-bond acceptors (Lipinski definition) is 3. The second kappa shape index (κ2) is 11.5. The highest BCUT2D eigenvalue weighted by atomic mass is 35.5. The van der Waals surface area contributed by atoms with E-state index in [1.165, 1.54) is 11.0 Å². The Kier molecular flexibility index (Phi) is 7.98. The molecule has 36 heavy (non-hydrogen) atoms. The highest BCUT2D eigenvalue weighted by Gasteiger charge is 2.21. The smallest absolute Gasteiger partial charge is 0.247 e. The molecule has 0 bridgehead atoms. The van der Waals surface area contributed by atoms with Crippen LogP contribution >= 0.6 is 11.6 Å². The highest BCUT2D eigenvalue weighted by Crippen LogP contribution is 2.28. The first-order valence-corrected chi connectivity index (χ1v) is 12.0. The molecule has 6 nitrogen and oxygen atoms in total. The molecule has 3 aromatic carbocycles. The number of rotatable bonds is 8. The minimum atomic E-state index is -0.335. The Hall–Kier alpha value is -4.16. The number of carbonyl (C=O) groups is 2. The number of nitrogens with zero attached hydrogens (tertiary/aromatic N) is 3. The molecule has 4 rings (SSSR count). The Bertz CT molecular complexity index is 1360. The molecule has 0 spiro atoms. The predicted octanol–water partition coefficient (Wildman–Crippen LogP) is 6.08. The largest absolute Gasteiger partial charge is 0.327 e. The van der Waals surface area contributed by atoms with Crippen LogP contribution in [0.2, 0.25) is 5.02 Å². The number of anilines is 1. The zero-order valence-corrected chi connectivity index (χ0v) is 20.9. The zero-order chi connectivity index (χ0) is 25.5. The van der Waals surface area contributed by atoms with Crippen LogP contribution < -0.4 is 5.32 Å². The van der Waals surface area contributed by atoms with Crippen LogP contribution in [0.15, 0.2) is 97.1 Å². The maximum atomic E-state index is 13.1. The average molecular weight is 499 g/mol. The van der Waals surface area contributed by atoms with Gasteiger partial charge in [-0.2, -0.15) is 5.10 Å². The van der Waals surface area contributed by atoms with Gasteiger partial charge in [-0.05, 0) is 37.6 Å². The fraction of sp³-hybridized carbons (Fsp3) is 0.138. The number of benzene rings is 3. The lowest BCUT2D eigenvalue weighted by atomic mass is 10.1. The maximum Gasteiger partial charge on any atom is 0.247 e. The molecule has 1 heterocycles. The van der Waals surface area contributed by atoms with Crippen LogP contribution in [0.1, 0.15) is 19.4 Å². The van der Waals surface area contributed by atoms with Crippen molar-refractivity contribution in [1.29, 1.82) is 0 Å². The third kappa shape index (κ3) is 6.09. The monoisotopic (exact) mass is 498 g/mol. The number of para-hydroxylation sites is 1. The van der Waals surface area contributed by atoms with Gasteiger partial charge in [0.1, 0.15) is 12.4 Å². The minimum absolute atomic E-state index is 0.107. The first-order chi connectivity index (χ1) is 17.4. The molecule has 0 aliphatic heterocycles. The van der Waals surface area contributed by atoms with Crippen LogP contribution in [-0.2, 0) is 9.59 Å². The van der Waals surface area contributed by atoms with Gasteiger partial charge in [0.2, 0.25) is 11.8 Å². The van der Waals surface area contributed by atoms with Gasteiger partial charge in [-0.1, -0.05) is 84.4 Å². The molecule has 2 amide bonds. The van der Waals surface area contributed by atoms with Crippen molar-refractivity contribution in [2.75, 3.05) is 11.9 Å². The van der Waals surface area contributed by atoms with Crippen molar-refractivity contribution in [2.24, 2.45) is 0 Å². The van der Waals surface area contributed by atoms with Gasteiger partial charge in [0.15, 0.2) is 0 Å². The van der Waals surface area contributed by atoms with Crippen LogP contribution in [0.5, 0.6) is 0 Å². The topological polar surface area (TPSA) is 67.2 Å². The van der Waals surface area contributed by atoms with E-state index in [1.54, 1.807) is 22.9 Å². The minimum Gasteiger partial charge on any atom is -0.327 e. The zero-order valence-electron chi connectivity index (χ0n) is 20.1. The molecule has 0 fully saturated rings. The molecule has 7 heteroatoms. The Morgan fingerprint density at radius 2 is 1.61 bits per heavy atom. The van der Waals surface area contributed by atoms with Crippen molar-refractivity contribution in [3.8, 4) is 16.9 Å². The summed E-state index contributed by atoms with van der Waals surface area (Å²) in [6.45, 7) is 3.65. The van der Waals surface area contributed by atoms with E-state index < -0.39 is 0 Å². The van der Waals surface area contributed by atoms with Gasteiger partial charge in [0.25, 0.3) is 0 Å². The second-order valence-corrected chi connectivity index (χ2v) is 8.90. The summed E-state index contributed by atoms with van der Waals surface area (Å²) >= 11 is 6.44. The summed E-state index contributed by atoms with van der Waals surface area (Å²) in [5.74, 6) is -0.116. The normalized spacial score (nSPS) is 11.1. The summed E-state index contributed by atoms with van der Waals surface area (Å²) in [5, 5.41) is 8.13. The lowest BCUT2D eigenvalue weighted by Gasteiger charge is -2.25. The molecule has 0 saturated heterocycles. The molecule has 1 aromatic heterocycles. The molecule has 0 unspecified atom stereocenters. The van der Waals surface area contributed by atoms with Crippen LogP contribution in [0.25, 0.3) is 23.0 Å². The Balaban J connectivity index is 1.57. The summed E-state index contributed by atoms with van der Waals surface area (Å²) in [4.78, 5) is 27.5. The predicted molar refractivity (Wildman–Crippen MR) is 145 cm³/mol. The van der Waals surface area contributed by atoms with E-state index in [1.807, 2.05) is 92.7 Å². The second-order valence-electron chi connectivity index (χ2n) is 8.50. The molecule has 0 radical (unpaired) electrons. The Morgan fingerprint density at radius 3 is 2.28 bits per heavy atom. The van der Waals surface area contributed by atoms with Gasteiger partial charge in [0, 0.05) is 23.7 Å². The van der Waals surface area contributed by atoms with Crippen LogP contribution in [0.3, 0.4) is 0 Å². The van der Waals surface area contributed by atoms with Crippen molar-refractivity contribution >= 4 is 35.3 Å². The maximum absolute atomic E-state index is 13.1. The van der Waals surface area contributed by atoms with Gasteiger partial charge in [-0.25, -0.2) is 4.68 Å². The van der Waals surface area contributed by atoms with Crippen molar-refractivity contribution in [3.05, 3.63) is 108 Å². The van der Waals surface area contributed by atoms with Crippen molar-refractivity contribution in [2.45, 2.75) is 19.9 Å². The standard InChI is InChI=1S/C29H27ClN4O2/c1-21(2)33(29(36)18-17-22-11-5-3-6-12-22)20-28(35)31-27-19-25(23-13-7-4-8-14-23)32-34(27)26-16-10-9-15-24(26)30/h3-19,21H,20H2,1-2H3,(H,31,35). The first-order valence-electron chi connectivity index (χ1n) is 11.7. The number of aromatic nitrogens is 2. The molecule has 0 aliphatic rings. The van der Waals surface area contributed by atoms with E-state index in [4.69, 9.17) is 16.7 Å². The summed E-state index contributed by atoms with van der Waals surface area (Å²) in [6.07, 6.45) is 3.23. The lowest BCUT2D eigenvalue weighted by molar-refractivity contribution is -0.132. The van der Waals surface area contributed by atoms with Gasteiger partial charge < -0.3 is 10.2 Å². The molecule has 4 aromatic rings. The quantitative estimate of drug-likeness (QED) is 0.299. The Labute approximate surface area is 215 Å². The number of carbonyl (C=O) groups excluding carboxylic acids is 2. The summed E-state index contributed by atoms with van der Waals surface area (Å²) < 4.78 is 1.61. The van der Waals surface area contributed by atoms with Gasteiger partial charge in [-0.15, -0.1) is 0 Å². The fourth-order valence-electron chi connectivity index (χ4n) is 3.71. The van der Waals surface area contributed by atoms with Crippen LogP contribution in [0, 0.1) is 0 Å². The van der Waals surface area contributed by atoms with E-state index in [9.17, 15) is 9.59 Å². The van der Waals surface area contributed by atoms with Gasteiger partial charge in [-0.3, -0.25) is 9.59 Å². The SMILES string of the molecule is CC(C)N(CC(=O)Nc1cc(-c2ccccc2)nn1-c1ccccc1Cl)C(=O)C=Cc1ccccc1. The number of hydrogen-bond donors (Lipinski definition) is 1. The first kappa shape index (κ1) is 24.9. The number of nitrogens with one attached hydrogen (secondary N) is 1. The number of amides is 2. The fourth-order valence-corrected chi connectivity index (χ4v) is 3.92. The van der Waals surface area contributed by atoms with Crippen molar-refractivity contribution < 1.29 is 9.59 Å². The highest BCUT2D eigenvalue weighted by molar-refractivity contribution is 6.32. The van der Waals surface area contributed by atoms with E-state index in [0.717, 1.165) is 11.1 Å². The van der Waals surface area contributed by atoms with E-state index in [0.29, 0.717) is 22.2 Å². The van der Waals surface area contributed by atoms with E-state index in [2.05, 4.69) is 5.32 Å². The Morgan fingerprint density at radius 1 is 0.972 bits per heavy atom. The number of halogens is 1.